The number of aliphatic hydroxyl groups excluding tert-OH is 1. The molecule has 3 saturated carbocycles. The number of hydrogen-bond acceptors (Lipinski definition) is 2. The van der Waals surface area contributed by atoms with E-state index in [1.807, 2.05) is 6.08 Å². The van der Waals surface area contributed by atoms with Gasteiger partial charge in [-0.15, -0.1) is 0 Å². The van der Waals surface area contributed by atoms with Crippen LogP contribution in [0.3, 0.4) is 0 Å². The van der Waals surface area contributed by atoms with E-state index >= 15 is 0 Å². The molecule has 0 unspecified atom stereocenters. The molecule has 0 aromatic heterocycles. The van der Waals surface area contributed by atoms with Crippen molar-refractivity contribution in [2.75, 3.05) is 0 Å². The molecule has 8 atom stereocenters. The van der Waals surface area contributed by atoms with Crippen LogP contribution in [0.5, 0.6) is 0 Å². The highest BCUT2D eigenvalue weighted by Crippen LogP contribution is 2.67. The lowest BCUT2D eigenvalue weighted by atomic mass is 9.45. The van der Waals surface area contributed by atoms with Crippen molar-refractivity contribution in [3.05, 3.63) is 11.6 Å². The van der Waals surface area contributed by atoms with Gasteiger partial charge >= 0.3 is 0 Å². The van der Waals surface area contributed by atoms with Gasteiger partial charge in [0.05, 0.1) is 6.10 Å². The van der Waals surface area contributed by atoms with Crippen LogP contribution in [0.1, 0.15) is 98.8 Å². The summed E-state index contributed by atoms with van der Waals surface area (Å²) in [5, 5.41) is 11.3. The zero-order valence-corrected chi connectivity index (χ0v) is 19.5. The molecule has 3 fully saturated rings. The number of aliphatic hydroxyl groups is 1. The standard InChI is InChI=1S/C27H44O2/c1-17(2)7-6-8-18(3)21-9-10-22-25-23(12-14-27(21,22)5)26(4)13-11-20(28)15-19(26)16-24(25)29/h15,17-18,21-25,29H,6-14,16H2,1-5H3/t18-,21-,22+,23+,24+,25+,26+,27-/m1/s1. The topological polar surface area (TPSA) is 37.3 Å². The number of carbonyl (C=O) groups excluding carboxylic acids is 1. The van der Waals surface area contributed by atoms with Crippen LogP contribution in [-0.2, 0) is 4.79 Å². The van der Waals surface area contributed by atoms with Gasteiger partial charge in [0.25, 0.3) is 0 Å². The zero-order valence-electron chi connectivity index (χ0n) is 19.5. The van der Waals surface area contributed by atoms with Crippen LogP contribution in [0.15, 0.2) is 11.6 Å². The first-order valence-electron chi connectivity index (χ1n) is 12.6. The molecule has 0 radical (unpaired) electrons. The summed E-state index contributed by atoms with van der Waals surface area (Å²) in [6, 6.07) is 0. The van der Waals surface area contributed by atoms with Crippen molar-refractivity contribution in [1.29, 1.82) is 0 Å². The van der Waals surface area contributed by atoms with Crippen molar-refractivity contribution >= 4 is 5.78 Å². The maximum absolute atomic E-state index is 12.0. The molecule has 0 aliphatic heterocycles. The summed E-state index contributed by atoms with van der Waals surface area (Å²) < 4.78 is 0. The molecule has 0 bridgehead atoms. The van der Waals surface area contributed by atoms with Crippen LogP contribution < -0.4 is 0 Å². The molecular formula is C27H44O2. The van der Waals surface area contributed by atoms with E-state index in [-0.39, 0.29) is 17.3 Å². The second kappa shape index (κ2) is 7.81. The van der Waals surface area contributed by atoms with Crippen LogP contribution >= 0.6 is 0 Å². The lowest BCUT2D eigenvalue weighted by molar-refractivity contribution is -0.124. The van der Waals surface area contributed by atoms with E-state index in [2.05, 4.69) is 34.6 Å². The predicted octanol–water partition coefficient (Wildman–Crippen LogP) is 6.57. The number of ketones is 1. The van der Waals surface area contributed by atoms with Gasteiger partial charge in [0, 0.05) is 6.42 Å². The van der Waals surface area contributed by atoms with Crippen molar-refractivity contribution in [2.24, 2.45) is 46.3 Å². The van der Waals surface area contributed by atoms with Gasteiger partial charge in [0.2, 0.25) is 0 Å². The molecule has 0 aromatic rings. The fraction of sp³-hybridized carbons (Fsp3) is 0.889. The van der Waals surface area contributed by atoms with Crippen molar-refractivity contribution in [2.45, 2.75) is 105 Å². The Kier molecular flexibility index (Phi) is 5.82. The summed E-state index contributed by atoms with van der Waals surface area (Å²) in [7, 11) is 0. The molecule has 164 valence electrons. The Morgan fingerprint density at radius 2 is 1.83 bits per heavy atom. The van der Waals surface area contributed by atoms with E-state index in [0.29, 0.717) is 29.6 Å². The average molecular weight is 401 g/mol. The van der Waals surface area contributed by atoms with Crippen molar-refractivity contribution in [1.82, 2.24) is 0 Å². The highest BCUT2D eigenvalue weighted by Gasteiger charge is 2.61. The zero-order chi connectivity index (χ0) is 21.0. The third kappa shape index (κ3) is 3.56. The van der Waals surface area contributed by atoms with E-state index < -0.39 is 0 Å². The smallest absolute Gasteiger partial charge is 0.155 e. The molecule has 0 heterocycles. The first kappa shape index (κ1) is 21.6. The van der Waals surface area contributed by atoms with E-state index in [1.54, 1.807) is 0 Å². The van der Waals surface area contributed by atoms with Gasteiger partial charge in [-0.05, 0) is 90.9 Å². The SMILES string of the molecule is CC(C)CCC[C@@H](C)[C@H]1CC[C@H]2[C@@H]3[C@@H](O)CC4=CC(=O)CC[C@]4(C)[C@H]3CC[C@]12C. The fourth-order valence-corrected chi connectivity index (χ4v) is 8.55. The Morgan fingerprint density at radius 3 is 2.55 bits per heavy atom. The monoisotopic (exact) mass is 400 g/mol. The molecule has 2 nitrogen and oxygen atoms in total. The quantitative estimate of drug-likeness (QED) is 0.567. The van der Waals surface area contributed by atoms with Gasteiger partial charge in [-0.25, -0.2) is 0 Å². The maximum Gasteiger partial charge on any atom is 0.155 e. The van der Waals surface area contributed by atoms with Crippen LogP contribution in [0.4, 0.5) is 0 Å². The van der Waals surface area contributed by atoms with Crippen LogP contribution in [-0.4, -0.2) is 17.0 Å². The summed E-state index contributed by atoms with van der Waals surface area (Å²) in [4.78, 5) is 12.0. The lowest BCUT2D eigenvalue weighted by Crippen LogP contribution is -2.55. The van der Waals surface area contributed by atoms with Gasteiger partial charge in [-0.1, -0.05) is 59.5 Å². The van der Waals surface area contributed by atoms with E-state index in [9.17, 15) is 9.90 Å². The molecule has 0 amide bonds. The first-order valence-corrected chi connectivity index (χ1v) is 12.6. The summed E-state index contributed by atoms with van der Waals surface area (Å²) in [5.74, 6) is 4.40. The summed E-state index contributed by atoms with van der Waals surface area (Å²) in [6.45, 7) is 12.2. The summed E-state index contributed by atoms with van der Waals surface area (Å²) in [5.41, 5.74) is 1.82. The molecule has 29 heavy (non-hydrogen) atoms. The van der Waals surface area contributed by atoms with Gasteiger partial charge in [0.1, 0.15) is 0 Å². The Morgan fingerprint density at radius 1 is 1.07 bits per heavy atom. The van der Waals surface area contributed by atoms with Crippen molar-refractivity contribution in [3.63, 3.8) is 0 Å². The van der Waals surface area contributed by atoms with E-state index in [0.717, 1.165) is 30.6 Å². The summed E-state index contributed by atoms with van der Waals surface area (Å²) >= 11 is 0. The Balaban J connectivity index is 1.54. The molecule has 4 rings (SSSR count). The van der Waals surface area contributed by atoms with Gasteiger partial charge in [-0.2, -0.15) is 0 Å². The van der Waals surface area contributed by atoms with Gasteiger partial charge in [-0.3, -0.25) is 4.79 Å². The highest BCUT2D eigenvalue weighted by molar-refractivity contribution is 5.91. The average Bonchev–Trinajstić information content (AvgIpc) is 3.00. The number of carbonyl (C=O) groups is 1. The highest BCUT2D eigenvalue weighted by atomic mass is 16.3. The Hall–Kier alpha value is -0.630. The van der Waals surface area contributed by atoms with Gasteiger partial charge < -0.3 is 5.11 Å². The Labute approximate surface area is 178 Å². The van der Waals surface area contributed by atoms with Crippen LogP contribution in [0.2, 0.25) is 0 Å². The Bertz CT molecular complexity index is 663. The fourth-order valence-electron chi connectivity index (χ4n) is 8.55. The first-order chi connectivity index (χ1) is 13.7. The van der Waals surface area contributed by atoms with E-state index in [1.165, 1.54) is 50.5 Å². The molecule has 0 spiro atoms. The predicted molar refractivity (Wildman–Crippen MR) is 119 cm³/mol. The van der Waals surface area contributed by atoms with Crippen LogP contribution in [0, 0.1) is 46.3 Å². The second-order valence-electron chi connectivity index (χ2n) is 12.1. The third-order valence-electron chi connectivity index (χ3n) is 10.2. The minimum absolute atomic E-state index is 0.153. The minimum atomic E-state index is -0.246. The normalized spacial score (nSPS) is 45.4. The van der Waals surface area contributed by atoms with Gasteiger partial charge in [0.15, 0.2) is 5.78 Å². The number of hydrogen-bond donors (Lipinski definition) is 1. The van der Waals surface area contributed by atoms with Crippen molar-refractivity contribution < 1.29 is 9.90 Å². The molecule has 0 aromatic carbocycles. The largest absolute Gasteiger partial charge is 0.392 e. The molecule has 0 saturated heterocycles. The molecule has 1 N–H and O–H groups in total. The summed E-state index contributed by atoms with van der Waals surface area (Å²) in [6.07, 6.45) is 13.4. The van der Waals surface area contributed by atoms with E-state index in [4.69, 9.17) is 0 Å². The third-order valence-corrected chi connectivity index (χ3v) is 10.2. The second-order valence-corrected chi connectivity index (χ2v) is 12.1. The lowest BCUT2D eigenvalue weighted by Gasteiger charge is -2.60. The van der Waals surface area contributed by atoms with Crippen LogP contribution in [0.25, 0.3) is 0 Å². The number of rotatable bonds is 5. The van der Waals surface area contributed by atoms with Crippen molar-refractivity contribution in [3.8, 4) is 0 Å². The number of fused-ring (bicyclic) bond motifs is 5. The maximum atomic E-state index is 12.0. The molecular weight excluding hydrogens is 356 g/mol. The molecule has 4 aliphatic rings. The minimum Gasteiger partial charge on any atom is -0.392 e. The molecule has 2 heteroatoms. The molecule has 4 aliphatic carbocycles.